The Balaban J connectivity index is 2.04. The zero-order valence-corrected chi connectivity index (χ0v) is 11.2. The van der Waals surface area contributed by atoms with Crippen molar-refractivity contribution < 1.29 is 8.78 Å². The van der Waals surface area contributed by atoms with Crippen LogP contribution in [0, 0.1) is 11.6 Å². The predicted octanol–water partition coefficient (Wildman–Crippen LogP) is 4.47. The molecule has 19 heavy (non-hydrogen) atoms. The Morgan fingerprint density at radius 2 is 1.79 bits per heavy atom. The van der Waals surface area contributed by atoms with Crippen LogP contribution in [0.2, 0.25) is 5.02 Å². The second-order valence-electron chi connectivity index (χ2n) is 4.35. The van der Waals surface area contributed by atoms with E-state index in [1.807, 2.05) is 6.92 Å². The Bertz CT molecular complexity index is 534. The van der Waals surface area contributed by atoms with E-state index >= 15 is 0 Å². The van der Waals surface area contributed by atoms with Crippen LogP contribution in [-0.2, 0) is 6.54 Å². The molecule has 0 aliphatic heterocycles. The Morgan fingerprint density at radius 3 is 2.42 bits per heavy atom. The summed E-state index contributed by atoms with van der Waals surface area (Å²) in [6, 6.07) is 10.8. The van der Waals surface area contributed by atoms with Crippen LogP contribution in [0.4, 0.5) is 8.78 Å². The third kappa shape index (κ3) is 3.52. The summed E-state index contributed by atoms with van der Waals surface area (Å²) in [5.41, 5.74) is 1.38. The first-order valence-corrected chi connectivity index (χ1v) is 6.37. The first kappa shape index (κ1) is 14.0. The average molecular weight is 282 g/mol. The van der Waals surface area contributed by atoms with Crippen molar-refractivity contribution >= 4 is 11.6 Å². The minimum absolute atomic E-state index is 0.0173. The fourth-order valence-electron chi connectivity index (χ4n) is 1.83. The molecule has 0 unspecified atom stereocenters. The average Bonchev–Trinajstić information content (AvgIpc) is 2.38. The van der Waals surface area contributed by atoms with Gasteiger partial charge in [0.15, 0.2) is 0 Å². The van der Waals surface area contributed by atoms with Gasteiger partial charge in [-0.2, -0.15) is 0 Å². The molecule has 0 bridgehead atoms. The summed E-state index contributed by atoms with van der Waals surface area (Å²) in [7, 11) is 0. The molecule has 1 nitrogen and oxygen atoms in total. The Labute approximate surface area is 116 Å². The third-order valence-corrected chi connectivity index (χ3v) is 3.37. The second kappa shape index (κ2) is 6.13. The van der Waals surface area contributed by atoms with Gasteiger partial charge in [0.1, 0.15) is 11.6 Å². The molecule has 4 heteroatoms. The van der Waals surface area contributed by atoms with E-state index in [0.717, 1.165) is 5.56 Å². The van der Waals surface area contributed by atoms with Crippen LogP contribution in [0.5, 0.6) is 0 Å². The van der Waals surface area contributed by atoms with Gasteiger partial charge in [-0.05, 0) is 36.8 Å². The molecule has 0 fully saturated rings. The lowest BCUT2D eigenvalue weighted by molar-refractivity contribution is 0.543. The van der Waals surface area contributed by atoms with Crippen LogP contribution in [0.1, 0.15) is 24.1 Å². The lowest BCUT2D eigenvalue weighted by Crippen LogP contribution is -2.19. The van der Waals surface area contributed by atoms with Gasteiger partial charge in [0, 0.05) is 23.2 Å². The van der Waals surface area contributed by atoms with Gasteiger partial charge in [-0.15, -0.1) is 0 Å². The van der Waals surface area contributed by atoms with Crippen molar-refractivity contribution in [3.63, 3.8) is 0 Å². The molecule has 0 aliphatic rings. The molecule has 1 N–H and O–H groups in total. The van der Waals surface area contributed by atoms with Crippen LogP contribution < -0.4 is 5.32 Å². The van der Waals surface area contributed by atoms with Crippen molar-refractivity contribution in [3.05, 3.63) is 70.2 Å². The predicted molar refractivity (Wildman–Crippen MR) is 73.1 cm³/mol. The second-order valence-corrected chi connectivity index (χ2v) is 4.76. The van der Waals surface area contributed by atoms with Gasteiger partial charge < -0.3 is 5.32 Å². The summed E-state index contributed by atoms with van der Waals surface area (Å²) < 4.78 is 26.4. The van der Waals surface area contributed by atoms with Crippen molar-refractivity contribution in [2.45, 2.75) is 19.5 Å². The summed E-state index contributed by atoms with van der Waals surface area (Å²) in [6.07, 6.45) is 0. The minimum atomic E-state index is -0.327. The quantitative estimate of drug-likeness (QED) is 0.872. The fourth-order valence-corrected chi connectivity index (χ4v) is 2.06. The van der Waals surface area contributed by atoms with E-state index in [0.29, 0.717) is 17.1 Å². The third-order valence-electron chi connectivity index (χ3n) is 3.02. The van der Waals surface area contributed by atoms with Crippen molar-refractivity contribution in [1.82, 2.24) is 5.32 Å². The molecule has 0 saturated heterocycles. The van der Waals surface area contributed by atoms with Gasteiger partial charge in [-0.1, -0.05) is 29.8 Å². The monoisotopic (exact) mass is 281 g/mol. The van der Waals surface area contributed by atoms with Gasteiger partial charge in [0.2, 0.25) is 0 Å². The van der Waals surface area contributed by atoms with E-state index < -0.39 is 0 Å². The molecule has 0 aromatic heterocycles. The molecule has 0 radical (unpaired) electrons. The van der Waals surface area contributed by atoms with Crippen LogP contribution in [-0.4, -0.2) is 0 Å². The largest absolute Gasteiger partial charge is 0.306 e. The van der Waals surface area contributed by atoms with E-state index in [2.05, 4.69) is 5.32 Å². The van der Waals surface area contributed by atoms with Gasteiger partial charge in [-0.3, -0.25) is 0 Å². The number of halogens is 3. The molecular weight excluding hydrogens is 268 g/mol. The summed E-state index contributed by atoms with van der Waals surface area (Å²) in [4.78, 5) is 0. The highest BCUT2D eigenvalue weighted by atomic mass is 35.5. The van der Waals surface area contributed by atoms with Crippen molar-refractivity contribution in [3.8, 4) is 0 Å². The van der Waals surface area contributed by atoms with Crippen LogP contribution >= 0.6 is 11.6 Å². The maximum absolute atomic E-state index is 13.6. The zero-order chi connectivity index (χ0) is 13.8. The summed E-state index contributed by atoms with van der Waals surface area (Å²) in [5, 5.41) is 3.57. The molecule has 0 amide bonds. The number of benzene rings is 2. The van der Waals surface area contributed by atoms with E-state index in [-0.39, 0.29) is 17.7 Å². The molecule has 2 aromatic carbocycles. The zero-order valence-electron chi connectivity index (χ0n) is 10.5. The number of hydrogen-bond donors (Lipinski definition) is 1. The SMILES string of the molecule is C[C@H](NCc1c(F)cccc1Cl)c1ccc(F)cc1. The molecular formula is C15H14ClF2N. The number of hydrogen-bond acceptors (Lipinski definition) is 1. The van der Waals surface area contributed by atoms with Crippen molar-refractivity contribution in [2.75, 3.05) is 0 Å². The first-order chi connectivity index (χ1) is 9.08. The van der Waals surface area contributed by atoms with Gasteiger partial charge in [-0.25, -0.2) is 8.78 Å². The number of nitrogens with one attached hydrogen (secondary N) is 1. The Kier molecular flexibility index (Phi) is 4.51. The number of rotatable bonds is 4. The van der Waals surface area contributed by atoms with Crippen molar-refractivity contribution in [2.24, 2.45) is 0 Å². The van der Waals surface area contributed by atoms with Crippen molar-refractivity contribution in [1.29, 1.82) is 0 Å². The Hall–Kier alpha value is -1.45. The highest BCUT2D eigenvalue weighted by Gasteiger charge is 2.09. The maximum atomic E-state index is 13.6. The van der Waals surface area contributed by atoms with Crippen LogP contribution in [0.25, 0.3) is 0 Å². The molecule has 0 saturated carbocycles. The van der Waals surface area contributed by atoms with Gasteiger partial charge >= 0.3 is 0 Å². The Morgan fingerprint density at radius 1 is 1.11 bits per heavy atom. The van der Waals surface area contributed by atoms with Gasteiger partial charge in [0.25, 0.3) is 0 Å². The lowest BCUT2D eigenvalue weighted by atomic mass is 10.1. The smallest absolute Gasteiger partial charge is 0.129 e. The maximum Gasteiger partial charge on any atom is 0.129 e. The summed E-state index contributed by atoms with van der Waals surface area (Å²) in [6.45, 7) is 2.26. The fraction of sp³-hybridized carbons (Fsp3) is 0.200. The van der Waals surface area contributed by atoms with Crippen LogP contribution in [0.15, 0.2) is 42.5 Å². The van der Waals surface area contributed by atoms with Crippen LogP contribution in [0.3, 0.4) is 0 Å². The summed E-state index contributed by atoms with van der Waals surface area (Å²) in [5.74, 6) is -0.598. The highest BCUT2D eigenvalue weighted by Crippen LogP contribution is 2.20. The highest BCUT2D eigenvalue weighted by molar-refractivity contribution is 6.31. The standard InChI is InChI=1S/C15H14ClF2N/c1-10(11-5-7-12(17)8-6-11)19-9-13-14(16)3-2-4-15(13)18/h2-8,10,19H,9H2,1H3/t10-/m0/s1. The normalized spacial score (nSPS) is 12.4. The molecule has 100 valence electrons. The van der Waals surface area contributed by atoms with E-state index in [9.17, 15) is 8.78 Å². The molecule has 1 atom stereocenters. The lowest BCUT2D eigenvalue weighted by Gasteiger charge is -2.15. The molecule has 2 aromatic rings. The topological polar surface area (TPSA) is 12.0 Å². The first-order valence-electron chi connectivity index (χ1n) is 5.99. The molecule has 0 heterocycles. The van der Waals surface area contributed by atoms with E-state index in [1.54, 1.807) is 24.3 Å². The van der Waals surface area contributed by atoms with E-state index in [4.69, 9.17) is 11.6 Å². The van der Waals surface area contributed by atoms with Gasteiger partial charge in [0.05, 0.1) is 0 Å². The minimum Gasteiger partial charge on any atom is -0.306 e. The molecule has 2 rings (SSSR count). The summed E-state index contributed by atoms with van der Waals surface area (Å²) >= 11 is 5.95. The molecule has 0 spiro atoms. The molecule has 0 aliphatic carbocycles. The van der Waals surface area contributed by atoms with E-state index in [1.165, 1.54) is 18.2 Å².